The number of piperidine rings is 1. The lowest BCUT2D eigenvalue weighted by Gasteiger charge is -2.32. The van der Waals surface area contributed by atoms with Crippen molar-refractivity contribution in [2.75, 3.05) is 46.9 Å². The van der Waals surface area contributed by atoms with Crippen LogP contribution in [0.3, 0.4) is 0 Å². The highest BCUT2D eigenvalue weighted by Gasteiger charge is 2.24. The van der Waals surface area contributed by atoms with Gasteiger partial charge in [-0.2, -0.15) is 0 Å². The summed E-state index contributed by atoms with van der Waals surface area (Å²) < 4.78 is 5.05. The van der Waals surface area contributed by atoms with Crippen molar-refractivity contribution in [1.82, 2.24) is 20.4 Å². The van der Waals surface area contributed by atoms with Gasteiger partial charge in [0, 0.05) is 45.3 Å². The van der Waals surface area contributed by atoms with Gasteiger partial charge in [0.2, 0.25) is 0 Å². The SMILES string of the molecule is CCOC(=O)N1CCC(NC(=NC)NCCN(C)C(C)CC)CC1. The van der Waals surface area contributed by atoms with Crippen LogP contribution in [0.25, 0.3) is 0 Å². The minimum Gasteiger partial charge on any atom is -0.450 e. The zero-order chi connectivity index (χ0) is 17.9. The van der Waals surface area contributed by atoms with Gasteiger partial charge in [-0.05, 0) is 40.2 Å². The van der Waals surface area contributed by atoms with Gasteiger partial charge in [-0.25, -0.2) is 4.79 Å². The van der Waals surface area contributed by atoms with Crippen LogP contribution in [0.1, 0.15) is 40.0 Å². The van der Waals surface area contributed by atoms with E-state index in [2.05, 4.69) is 41.4 Å². The van der Waals surface area contributed by atoms with Gasteiger partial charge >= 0.3 is 6.09 Å². The van der Waals surface area contributed by atoms with E-state index < -0.39 is 0 Å². The van der Waals surface area contributed by atoms with Crippen molar-refractivity contribution < 1.29 is 9.53 Å². The Bertz CT molecular complexity index is 394. The third kappa shape index (κ3) is 6.95. The molecule has 0 spiro atoms. The zero-order valence-corrected chi connectivity index (χ0v) is 16.0. The predicted molar refractivity (Wildman–Crippen MR) is 98.5 cm³/mol. The second-order valence-corrected chi connectivity index (χ2v) is 6.34. The molecule has 1 aliphatic heterocycles. The minimum absolute atomic E-state index is 0.202. The largest absolute Gasteiger partial charge is 0.450 e. The van der Waals surface area contributed by atoms with Crippen LogP contribution in [-0.2, 0) is 4.74 Å². The fraction of sp³-hybridized carbons (Fsp3) is 0.882. The number of rotatable bonds is 7. The molecule has 0 aliphatic carbocycles. The van der Waals surface area contributed by atoms with E-state index in [1.807, 2.05) is 6.92 Å². The highest BCUT2D eigenvalue weighted by atomic mass is 16.6. The highest BCUT2D eigenvalue weighted by Crippen LogP contribution is 2.11. The van der Waals surface area contributed by atoms with Crippen LogP contribution in [-0.4, -0.2) is 80.8 Å². The van der Waals surface area contributed by atoms with Crippen LogP contribution in [0.5, 0.6) is 0 Å². The normalized spacial score (nSPS) is 17.8. The summed E-state index contributed by atoms with van der Waals surface area (Å²) in [7, 11) is 3.94. The number of hydrogen-bond donors (Lipinski definition) is 2. The van der Waals surface area contributed by atoms with Crippen LogP contribution in [0.15, 0.2) is 4.99 Å². The van der Waals surface area contributed by atoms with Crippen molar-refractivity contribution in [2.45, 2.75) is 52.1 Å². The van der Waals surface area contributed by atoms with Gasteiger partial charge < -0.3 is 25.2 Å². The summed E-state index contributed by atoms with van der Waals surface area (Å²) in [5.41, 5.74) is 0. The summed E-state index contributed by atoms with van der Waals surface area (Å²) in [4.78, 5) is 20.1. The molecular weight excluding hydrogens is 306 g/mol. The van der Waals surface area contributed by atoms with E-state index in [1.165, 1.54) is 0 Å². The number of carbonyl (C=O) groups excluding carboxylic acids is 1. The number of likely N-dealkylation sites (tertiary alicyclic amines) is 1. The smallest absolute Gasteiger partial charge is 0.409 e. The first-order valence-electron chi connectivity index (χ1n) is 9.10. The number of hydrogen-bond acceptors (Lipinski definition) is 4. The first-order valence-corrected chi connectivity index (χ1v) is 9.10. The Kier molecular flexibility index (Phi) is 9.52. The van der Waals surface area contributed by atoms with Crippen LogP contribution in [0, 0.1) is 0 Å². The average Bonchev–Trinajstić information content (AvgIpc) is 2.60. The minimum atomic E-state index is -0.202. The molecule has 1 unspecified atom stereocenters. The summed E-state index contributed by atoms with van der Waals surface area (Å²) in [5, 5.41) is 6.83. The van der Waals surface area contributed by atoms with Crippen LogP contribution < -0.4 is 10.6 Å². The Hall–Kier alpha value is -1.50. The lowest BCUT2D eigenvalue weighted by molar-refractivity contribution is 0.0963. The zero-order valence-electron chi connectivity index (χ0n) is 16.0. The number of guanidine groups is 1. The van der Waals surface area contributed by atoms with Gasteiger partial charge in [0.25, 0.3) is 0 Å². The molecule has 24 heavy (non-hydrogen) atoms. The Balaban J connectivity index is 2.28. The average molecular weight is 342 g/mol. The van der Waals surface area contributed by atoms with E-state index in [0.29, 0.717) is 18.7 Å². The summed E-state index contributed by atoms with van der Waals surface area (Å²) >= 11 is 0. The summed E-state index contributed by atoms with van der Waals surface area (Å²) in [5.74, 6) is 0.835. The molecule has 0 bridgehead atoms. The van der Waals surface area contributed by atoms with Crippen molar-refractivity contribution in [1.29, 1.82) is 0 Å². The molecule has 140 valence electrons. The van der Waals surface area contributed by atoms with Crippen molar-refractivity contribution in [3.8, 4) is 0 Å². The quantitative estimate of drug-likeness (QED) is 0.542. The number of nitrogens with zero attached hydrogens (tertiary/aromatic N) is 3. The molecule has 2 N–H and O–H groups in total. The Morgan fingerprint density at radius 2 is 2.04 bits per heavy atom. The monoisotopic (exact) mass is 341 g/mol. The molecule has 1 heterocycles. The van der Waals surface area contributed by atoms with Crippen molar-refractivity contribution in [3.05, 3.63) is 0 Å². The summed E-state index contributed by atoms with van der Waals surface area (Å²) in [6, 6.07) is 0.933. The molecule has 0 aromatic heterocycles. The standard InChI is InChI=1S/C17H35N5O2/c1-6-14(3)21(5)13-10-19-16(18-4)20-15-8-11-22(12-9-15)17(23)24-7-2/h14-15H,6-13H2,1-5H3,(H2,18,19,20). The summed E-state index contributed by atoms with van der Waals surface area (Å²) in [6.45, 7) is 10.0. The Labute approximate surface area is 146 Å². The van der Waals surface area contributed by atoms with Gasteiger partial charge in [0.15, 0.2) is 5.96 Å². The van der Waals surface area contributed by atoms with E-state index in [0.717, 1.165) is 51.4 Å². The van der Waals surface area contributed by atoms with Gasteiger partial charge in [0.05, 0.1) is 6.61 Å². The Morgan fingerprint density at radius 1 is 1.38 bits per heavy atom. The second kappa shape index (κ2) is 11.1. The molecule has 1 aliphatic rings. The second-order valence-electron chi connectivity index (χ2n) is 6.34. The molecule has 7 heteroatoms. The van der Waals surface area contributed by atoms with Gasteiger partial charge in [0.1, 0.15) is 0 Å². The maximum absolute atomic E-state index is 11.7. The van der Waals surface area contributed by atoms with E-state index >= 15 is 0 Å². The lowest BCUT2D eigenvalue weighted by Crippen LogP contribution is -2.50. The lowest BCUT2D eigenvalue weighted by atomic mass is 10.1. The number of amides is 1. The maximum Gasteiger partial charge on any atom is 0.409 e. The molecule has 0 radical (unpaired) electrons. The molecule has 1 atom stereocenters. The number of nitrogens with one attached hydrogen (secondary N) is 2. The topological polar surface area (TPSA) is 69.2 Å². The molecular formula is C17H35N5O2. The Morgan fingerprint density at radius 3 is 2.58 bits per heavy atom. The molecule has 1 amide bonds. The third-order valence-electron chi connectivity index (χ3n) is 4.69. The number of aliphatic imine (C=N–C) groups is 1. The molecule has 1 saturated heterocycles. The number of carbonyl (C=O) groups is 1. The summed E-state index contributed by atoms with van der Waals surface area (Å²) in [6.07, 6.45) is 2.77. The number of likely N-dealkylation sites (N-methyl/N-ethyl adjacent to an activating group) is 1. The van der Waals surface area contributed by atoms with Gasteiger partial charge in [-0.15, -0.1) is 0 Å². The van der Waals surface area contributed by atoms with Gasteiger partial charge in [-0.3, -0.25) is 4.99 Å². The van der Waals surface area contributed by atoms with Crippen LogP contribution in [0.2, 0.25) is 0 Å². The molecule has 0 saturated carbocycles. The maximum atomic E-state index is 11.7. The first-order chi connectivity index (χ1) is 11.5. The van der Waals surface area contributed by atoms with E-state index in [1.54, 1.807) is 11.9 Å². The molecule has 0 aromatic carbocycles. The fourth-order valence-electron chi connectivity index (χ4n) is 2.69. The van der Waals surface area contributed by atoms with Crippen LogP contribution >= 0.6 is 0 Å². The van der Waals surface area contributed by atoms with E-state index in [4.69, 9.17) is 4.74 Å². The first kappa shape index (κ1) is 20.5. The molecule has 1 rings (SSSR count). The molecule has 7 nitrogen and oxygen atoms in total. The van der Waals surface area contributed by atoms with E-state index in [-0.39, 0.29) is 6.09 Å². The third-order valence-corrected chi connectivity index (χ3v) is 4.69. The van der Waals surface area contributed by atoms with Gasteiger partial charge in [-0.1, -0.05) is 6.92 Å². The number of ether oxygens (including phenoxy) is 1. The fourth-order valence-corrected chi connectivity index (χ4v) is 2.69. The van der Waals surface area contributed by atoms with Crippen molar-refractivity contribution in [3.63, 3.8) is 0 Å². The molecule has 1 fully saturated rings. The van der Waals surface area contributed by atoms with Crippen LogP contribution in [0.4, 0.5) is 4.79 Å². The van der Waals surface area contributed by atoms with Crippen molar-refractivity contribution in [2.24, 2.45) is 4.99 Å². The highest BCUT2D eigenvalue weighted by molar-refractivity contribution is 5.80. The van der Waals surface area contributed by atoms with E-state index in [9.17, 15) is 4.79 Å². The predicted octanol–water partition coefficient (Wildman–Crippen LogP) is 1.50. The van der Waals surface area contributed by atoms with Crippen molar-refractivity contribution >= 4 is 12.1 Å². The molecule has 0 aromatic rings.